The first-order valence-corrected chi connectivity index (χ1v) is 14.0. The van der Waals surface area contributed by atoms with Crippen molar-refractivity contribution in [1.29, 1.82) is 0 Å². The normalized spacial score (nSPS) is 13.0. The molecule has 0 aliphatic rings. The first-order chi connectivity index (χ1) is 18.1. The van der Waals surface area contributed by atoms with Gasteiger partial charge in [-0.2, -0.15) is 0 Å². The van der Waals surface area contributed by atoms with Gasteiger partial charge in [-0.05, 0) is 76.7 Å². The van der Waals surface area contributed by atoms with Crippen LogP contribution in [-0.4, -0.2) is 96.2 Å². The molecule has 212 valence electrons. The Labute approximate surface area is 227 Å². The second-order valence-electron chi connectivity index (χ2n) is 9.15. The van der Waals surface area contributed by atoms with Gasteiger partial charge in [0.2, 0.25) is 0 Å². The van der Waals surface area contributed by atoms with Crippen molar-refractivity contribution < 1.29 is 18.6 Å². The van der Waals surface area contributed by atoms with Crippen LogP contribution in [0.15, 0.2) is 27.9 Å². The van der Waals surface area contributed by atoms with E-state index in [1.54, 1.807) is 13.0 Å². The molecule has 0 fully saturated rings. The molecule has 0 saturated carbocycles. The van der Waals surface area contributed by atoms with E-state index < -0.39 is 11.1 Å². The number of nitrogens with zero attached hydrogens (tertiary/aromatic N) is 5. The minimum absolute atomic E-state index is 0.0850. The van der Waals surface area contributed by atoms with E-state index in [1.165, 1.54) is 16.6 Å². The Morgan fingerprint density at radius 3 is 2.42 bits per heavy atom. The fourth-order valence-electron chi connectivity index (χ4n) is 4.08. The van der Waals surface area contributed by atoms with Gasteiger partial charge >= 0.3 is 0 Å². The number of aromatic amines is 1. The molecule has 1 aromatic carbocycles. The quantitative estimate of drug-likeness (QED) is 0.326. The third-order valence-electron chi connectivity index (χ3n) is 5.85. The lowest BCUT2D eigenvalue weighted by atomic mass is 10.2. The van der Waals surface area contributed by atoms with Crippen LogP contribution < -0.4 is 10.3 Å². The van der Waals surface area contributed by atoms with Gasteiger partial charge in [0.25, 0.3) is 5.56 Å². The summed E-state index contributed by atoms with van der Waals surface area (Å²) in [4.78, 5) is 24.1. The van der Waals surface area contributed by atoms with Crippen molar-refractivity contribution in [2.75, 3.05) is 46.9 Å². The molecule has 2 aromatic heterocycles. The molecule has 38 heavy (non-hydrogen) atoms. The summed E-state index contributed by atoms with van der Waals surface area (Å²) in [5.41, 5.74) is 1.06. The number of benzene rings is 1. The van der Waals surface area contributed by atoms with Crippen LogP contribution in [0.2, 0.25) is 0 Å². The third kappa shape index (κ3) is 8.43. The zero-order chi connectivity index (χ0) is 28.4. The molecule has 0 saturated heterocycles. The first-order valence-electron chi connectivity index (χ1n) is 13.0. The van der Waals surface area contributed by atoms with Crippen LogP contribution in [-0.2, 0) is 17.5 Å². The van der Waals surface area contributed by atoms with Crippen molar-refractivity contribution in [2.24, 2.45) is 0 Å². The molecule has 0 radical (unpaired) electrons. The highest BCUT2D eigenvalue weighted by molar-refractivity contribution is 7.79. The second kappa shape index (κ2) is 15.1. The molecule has 0 spiro atoms. The van der Waals surface area contributed by atoms with Crippen LogP contribution in [0, 0.1) is 6.92 Å². The lowest BCUT2D eigenvalue weighted by molar-refractivity contribution is 0.0929. The Hall–Kier alpha value is -2.64. The van der Waals surface area contributed by atoms with Crippen LogP contribution in [0.1, 0.15) is 45.6 Å². The minimum atomic E-state index is -2.41. The molecule has 0 amide bonds. The van der Waals surface area contributed by atoms with E-state index in [-0.39, 0.29) is 22.4 Å². The molecule has 12 heteroatoms. The molecule has 3 rings (SSSR count). The van der Waals surface area contributed by atoms with E-state index in [1.807, 2.05) is 32.8 Å². The van der Waals surface area contributed by atoms with Gasteiger partial charge in [-0.3, -0.25) is 9.00 Å². The molecule has 0 aliphatic heterocycles. The Bertz CT molecular complexity index is 1250. The minimum Gasteiger partial charge on any atom is -0.768 e. The average Bonchev–Trinajstić information content (AvgIpc) is 3.18. The Balaban J connectivity index is 0.000000358. The number of ether oxygens (including phenoxy) is 1. The Morgan fingerprint density at radius 1 is 1.18 bits per heavy atom. The van der Waals surface area contributed by atoms with Gasteiger partial charge in [0, 0.05) is 24.4 Å². The van der Waals surface area contributed by atoms with E-state index in [9.17, 15) is 18.7 Å². The molecule has 2 heterocycles. The highest BCUT2D eigenvalue weighted by atomic mass is 32.2. The average molecular weight is 550 g/mol. The number of H-pyrrole nitrogens is 1. The number of imidazole rings is 1. The van der Waals surface area contributed by atoms with E-state index in [0.29, 0.717) is 41.4 Å². The zero-order valence-corrected chi connectivity index (χ0v) is 24.3. The SMILES string of the molecule is CCCc1nc(C)c2c(=O)[nH]c(-c3cc(S(=O)[O-])ccc3OCC)nn12.CCN(CC)CC(O)CN(C)C. The highest BCUT2D eigenvalue weighted by Gasteiger charge is 2.17. The van der Waals surface area contributed by atoms with Gasteiger partial charge in [-0.1, -0.05) is 20.8 Å². The summed E-state index contributed by atoms with van der Waals surface area (Å²) < 4.78 is 29.8. The number of fused-ring (bicyclic) bond motifs is 1. The monoisotopic (exact) mass is 549 g/mol. The molecular weight excluding hydrogens is 508 g/mol. The number of aliphatic hydroxyl groups excluding tert-OH is 1. The smallest absolute Gasteiger partial charge is 0.277 e. The maximum absolute atomic E-state index is 12.6. The van der Waals surface area contributed by atoms with Gasteiger partial charge < -0.3 is 29.2 Å². The molecule has 0 bridgehead atoms. The van der Waals surface area contributed by atoms with Crippen LogP contribution >= 0.6 is 0 Å². The van der Waals surface area contributed by atoms with Crippen LogP contribution in [0.5, 0.6) is 5.75 Å². The fraction of sp³-hybridized carbons (Fsp3) is 0.577. The third-order valence-corrected chi connectivity index (χ3v) is 6.49. The number of aromatic nitrogens is 4. The molecule has 0 aliphatic carbocycles. The molecule has 2 atom stereocenters. The number of likely N-dealkylation sites (N-methyl/N-ethyl adjacent to an activating group) is 2. The van der Waals surface area contributed by atoms with Crippen molar-refractivity contribution >= 4 is 16.6 Å². The highest BCUT2D eigenvalue weighted by Crippen LogP contribution is 2.29. The summed E-state index contributed by atoms with van der Waals surface area (Å²) in [6.45, 7) is 13.8. The summed E-state index contributed by atoms with van der Waals surface area (Å²) in [7, 11) is 3.96. The fourth-order valence-corrected chi connectivity index (χ4v) is 4.47. The second-order valence-corrected chi connectivity index (χ2v) is 10.1. The summed E-state index contributed by atoms with van der Waals surface area (Å²) in [5.74, 6) is 1.36. The summed E-state index contributed by atoms with van der Waals surface area (Å²) >= 11 is -2.41. The van der Waals surface area contributed by atoms with Crippen molar-refractivity contribution in [3.63, 3.8) is 0 Å². The predicted octanol–water partition coefficient (Wildman–Crippen LogP) is 2.23. The van der Waals surface area contributed by atoms with E-state index in [2.05, 4.69) is 33.8 Å². The van der Waals surface area contributed by atoms with Gasteiger partial charge in [0.15, 0.2) is 11.3 Å². The molecule has 2 unspecified atom stereocenters. The van der Waals surface area contributed by atoms with E-state index >= 15 is 0 Å². The lowest BCUT2D eigenvalue weighted by Gasteiger charge is -2.23. The standard InChI is InChI=1S/C17H20N4O4S.C9H22N2O/c1-4-6-14-18-10(3)15-17(22)19-16(20-21(14)15)12-9-11(26(23)24)7-8-13(12)25-5-2;1-5-11(6-2)8-9(12)7-10(3)4/h7-9H,4-6H2,1-3H3,(H,23,24)(H,19,20,22);9,12H,5-8H2,1-4H3/p-1. The van der Waals surface area contributed by atoms with Crippen molar-refractivity contribution in [1.82, 2.24) is 29.4 Å². The summed E-state index contributed by atoms with van der Waals surface area (Å²) in [6.07, 6.45) is 1.31. The first kappa shape index (κ1) is 31.6. The zero-order valence-electron chi connectivity index (χ0n) is 23.5. The van der Waals surface area contributed by atoms with Gasteiger partial charge in [-0.25, -0.2) is 9.50 Å². The largest absolute Gasteiger partial charge is 0.768 e. The van der Waals surface area contributed by atoms with E-state index in [0.717, 1.165) is 32.6 Å². The molecule has 11 nitrogen and oxygen atoms in total. The van der Waals surface area contributed by atoms with E-state index in [4.69, 9.17) is 4.74 Å². The number of nitrogens with one attached hydrogen (secondary N) is 1. The van der Waals surface area contributed by atoms with Crippen molar-refractivity contribution in [3.8, 4) is 17.1 Å². The molecular formula is C26H41N6O5S-. The maximum atomic E-state index is 12.6. The predicted molar refractivity (Wildman–Crippen MR) is 148 cm³/mol. The summed E-state index contributed by atoms with van der Waals surface area (Å²) in [6, 6.07) is 4.43. The molecule has 3 aromatic rings. The lowest BCUT2D eigenvalue weighted by Crippen LogP contribution is -2.37. The number of aryl methyl sites for hydroxylation is 2. The number of aliphatic hydroxyl groups is 1. The number of rotatable bonds is 12. The maximum Gasteiger partial charge on any atom is 0.277 e. The summed E-state index contributed by atoms with van der Waals surface area (Å²) in [5, 5.41) is 14.1. The van der Waals surface area contributed by atoms with Crippen molar-refractivity contribution in [3.05, 3.63) is 40.1 Å². The molecule has 2 N–H and O–H groups in total. The van der Waals surface area contributed by atoms with Gasteiger partial charge in [-0.15, -0.1) is 5.10 Å². The Kier molecular flexibility index (Phi) is 12.5. The number of hydrogen-bond donors (Lipinski definition) is 2. The topological polar surface area (TPSA) is 139 Å². The van der Waals surface area contributed by atoms with Crippen LogP contribution in [0.25, 0.3) is 16.9 Å². The van der Waals surface area contributed by atoms with Crippen LogP contribution in [0.3, 0.4) is 0 Å². The van der Waals surface area contributed by atoms with Gasteiger partial charge in [0.1, 0.15) is 11.6 Å². The number of hydrogen-bond acceptors (Lipinski definition) is 9. The van der Waals surface area contributed by atoms with Crippen LogP contribution in [0.4, 0.5) is 0 Å². The Morgan fingerprint density at radius 2 is 1.87 bits per heavy atom. The van der Waals surface area contributed by atoms with Crippen molar-refractivity contribution in [2.45, 2.75) is 58.5 Å². The van der Waals surface area contributed by atoms with Gasteiger partial charge in [0.05, 0.1) is 24.0 Å².